The van der Waals surface area contributed by atoms with Gasteiger partial charge in [0, 0.05) is 23.5 Å². The highest BCUT2D eigenvalue weighted by Crippen LogP contribution is 2.49. The van der Waals surface area contributed by atoms with E-state index in [1.54, 1.807) is 24.1 Å². The molecule has 0 spiro atoms. The first-order chi connectivity index (χ1) is 21.1. The lowest BCUT2D eigenvalue weighted by atomic mass is 9.93. The van der Waals surface area contributed by atoms with E-state index in [0.717, 1.165) is 39.6 Å². The van der Waals surface area contributed by atoms with Crippen molar-refractivity contribution in [2.45, 2.75) is 19.9 Å². The van der Waals surface area contributed by atoms with Gasteiger partial charge >= 0.3 is 0 Å². The molecule has 0 fully saturated rings. The number of pyridine rings is 1. The van der Waals surface area contributed by atoms with Crippen molar-refractivity contribution in [2.75, 3.05) is 23.9 Å². The molecule has 7 rings (SSSR count). The molecule has 43 heavy (non-hydrogen) atoms. The molecule has 0 bridgehead atoms. The molecule has 0 saturated carbocycles. The molecule has 2 aliphatic rings. The molecule has 4 heterocycles. The number of fused-ring (bicyclic) bond motifs is 4. The zero-order chi connectivity index (χ0) is 29.5. The largest absolute Gasteiger partial charge is 0.504 e. The molecule has 0 amide bonds. The van der Waals surface area contributed by atoms with Crippen LogP contribution in [-0.2, 0) is 0 Å². The number of benzene rings is 3. The second kappa shape index (κ2) is 10.6. The first-order valence-corrected chi connectivity index (χ1v) is 14.0. The van der Waals surface area contributed by atoms with Crippen molar-refractivity contribution in [1.82, 2.24) is 14.8 Å². The Bertz CT molecular complexity index is 1900. The molecule has 1 atom stereocenters. The Kier molecular flexibility index (Phi) is 6.50. The maximum Gasteiger partial charge on any atom is 0.179 e. The summed E-state index contributed by atoms with van der Waals surface area (Å²) in [5, 5.41) is 19.0. The fourth-order valence-corrected chi connectivity index (χ4v) is 5.56. The van der Waals surface area contributed by atoms with Gasteiger partial charge in [-0.25, -0.2) is 15.0 Å². The van der Waals surface area contributed by atoms with Gasteiger partial charge in [0.15, 0.2) is 34.8 Å². The molecule has 10 nitrogen and oxygen atoms in total. The van der Waals surface area contributed by atoms with E-state index in [9.17, 15) is 5.11 Å². The number of rotatable bonds is 6. The lowest BCUT2D eigenvalue weighted by molar-refractivity contribution is 0.317. The van der Waals surface area contributed by atoms with Gasteiger partial charge in [-0.05, 0) is 67.9 Å². The molecular formula is C33H29N7O3. The highest BCUT2D eigenvalue weighted by Gasteiger charge is 2.41. The van der Waals surface area contributed by atoms with E-state index in [-0.39, 0.29) is 11.8 Å². The van der Waals surface area contributed by atoms with Crippen LogP contribution in [0.5, 0.6) is 17.2 Å². The minimum Gasteiger partial charge on any atom is -0.504 e. The number of phenolic OH excluding ortho intramolecular Hbond substituents is 1. The lowest BCUT2D eigenvalue weighted by Crippen LogP contribution is -2.46. The summed E-state index contributed by atoms with van der Waals surface area (Å²) in [4.78, 5) is 17.0. The number of hydrogen-bond donors (Lipinski definition) is 2. The van der Waals surface area contributed by atoms with Crippen LogP contribution >= 0.6 is 0 Å². The summed E-state index contributed by atoms with van der Waals surface area (Å²) in [6, 6.07) is 26.5. The van der Waals surface area contributed by atoms with Gasteiger partial charge in [-0.2, -0.15) is 9.78 Å². The van der Waals surface area contributed by atoms with Crippen LogP contribution in [0.15, 0.2) is 101 Å². The molecule has 214 valence electrons. The standard InChI is InChI=1S/C33H29N7O3/c1-4-43-27-18-21(15-16-26(27)41)30-29-20(2)38-40(28-14-7-8-17-34-28)32(29)37-33-31(35-22-10-9-11-23(19-22)42-3)36-24-12-5-6-13-25(24)39(30)33/h5-19,30,41H,4H2,1-3H3,(H,35,36). The summed E-state index contributed by atoms with van der Waals surface area (Å²) in [5.41, 5.74) is 5.11. The highest BCUT2D eigenvalue weighted by molar-refractivity contribution is 6.51. The SMILES string of the molecule is CCOc1cc(C2c3c(C)nn(-c4ccccn4)c3N=C3C(Nc4cccc(OC)c4)=Nc4ccccc4N32)ccc1O. The number of methoxy groups -OCH3 is 1. The molecule has 2 aromatic heterocycles. The van der Waals surface area contributed by atoms with Crippen LogP contribution in [0, 0.1) is 6.92 Å². The Hall–Kier alpha value is -5.64. The number of nitrogens with zero attached hydrogens (tertiary/aromatic N) is 6. The predicted octanol–water partition coefficient (Wildman–Crippen LogP) is 6.48. The number of aliphatic imine (C=N–C) groups is 2. The van der Waals surface area contributed by atoms with Crippen LogP contribution in [0.4, 0.5) is 22.9 Å². The number of nitrogens with one attached hydrogen (secondary N) is 1. The quantitative estimate of drug-likeness (QED) is 0.240. The summed E-state index contributed by atoms with van der Waals surface area (Å²) < 4.78 is 13.0. The topological polar surface area (TPSA) is 109 Å². The Labute approximate surface area is 248 Å². The van der Waals surface area contributed by atoms with Crippen molar-refractivity contribution in [3.63, 3.8) is 0 Å². The summed E-state index contributed by atoms with van der Waals surface area (Å²) in [5.74, 6) is 3.70. The number of phenols is 1. The van der Waals surface area contributed by atoms with Crippen molar-refractivity contribution in [1.29, 1.82) is 0 Å². The van der Waals surface area contributed by atoms with Gasteiger partial charge in [0.2, 0.25) is 0 Å². The van der Waals surface area contributed by atoms with Crippen molar-refractivity contribution in [3.05, 3.63) is 108 Å². The molecule has 0 saturated heterocycles. The lowest BCUT2D eigenvalue weighted by Gasteiger charge is -2.40. The molecule has 2 N–H and O–H groups in total. The van der Waals surface area contributed by atoms with Gasteiger partial charge in [0.1, 0.15) is 5.75 Å². The monoisotopic (exact) mass is 571 g/mol. The van der Waals surface area contributed by atoms with Crippen molar-refractivity contribution < 1.29 is 14.6 Å². The van der Waals surface area contributed by atoms with Crippen molar-refractivity contribution in [2.24, 2.45) is 9.98 Å². The minimum absolute atomic E-state index is 0.0809. The van der Waals surface area contributed by atoms with Gasteiger partial charge in [-0.3, -0.25) is 0 Å². The van der Waals surface area contributed by atoms with E-state index in [1.807, 2.05) is 92.7 Å². The molecule has 3 aromatic carbocycles. The highest BCUT2D eigenvalue weighted by atomic mass is 16.5. The minimum atomic E-state index is -0.376. The van der Waals surface area contributed by atoms with E-state index in [1.165, 1.54) is 0 Å². The maximum atomic E-state index is 10.6. The number of hydrogen-bond acceptors (Lipinski definition) is 9. The third-order valence-electron chi connectivity index (χ3n) is 7.44. The van der Waals surface area contributed by atoms with Crippen molar-refractivity contribution >= 4 is 34.6 Å². The van der Waals surface area contributed by atoms with Gasteiger partial charge < -0.3 is 24.8 Å². The van der Waals surface area contributed by atoms with Crippen LogP contribution in [0.25, 0.3) is 5.82 Å². The van der Waals surface area contributed by atoms with Crippen molar-refractivity contribution in [3.8, 4) is 23.1 Å². The molecule has 1 unspecified atom stereocenters. The molecular weight excluding hydrogens is 542 g/mol. The Morgan fingerprint density at radius 2 is 1.81 bits per heavy atom. The first-order valence-electron chi connectivity index (χ1n) is 14.0. The molecule has 10 heteroatoms. The van der Waals surface area contributed by atoms with Gasteiger partial charge in [0.05, 0.1) is 36.8 Å². The van der Waals surface area contributed by atoms with E-state index in [2.05, 4.69) is 15.2 Å². The van der Waals surface area contributed by atoms with E-state index < -0.39 is 0 Å². The summed E-state index contributed by atoms with van der Waals surface area (Å²) >= 11 is 0. The number of aromatic nitrogens is 3. The van der Waals surface area contributed by atoms with Gasteiger partial charge in [-0.15, -0.1) is 0 Å². The van der Waals surface area contributed by atoms with E-state index in [0.29, 0.717) is 35.7 Å². The second-order valence-corrected chi connectivity index (χ2v) is 10.1. The van der Waals surface area contributed by atoms with Gasteiger partial charge in [0.25, 0.3) is 0 Å². The fourth-order valence-electron chi connectivity index (χ4n) is 5.56. The normalized spacial score (nSPS) is 15.0. The number of aryl methyl sites for hydroxylation is 1. The smallest absolute Gasteiger partial charge is 0.179 e. The third kappa shape index (κ3) is 4.53. The number of amidine groups is 2. The van der Waals surface area contributed by atoms with Crippen LogP contribution in [0.2, 0.25) is 0 Å². The number of ether oxygens (including phenoxy) is 2. The predicted molar refractivity (Wildman–Crippen MR) is 167 cm³/mol. The molecule has 2 aliphatic heterocycles. The molecule has 5 aromatic rings. The molecule has 0 radical (unpaired) electrons. The number of para-hydroxylation sites is 2. The first kappa shape index (κ1) is 26.3. The fraction of sp³-hybridized carbons (Fsp3) is 0.152. The Morgan fingerprint density at radius 3 is 2.63 bits per heavy atom. The van der Waals surface area contributed by atoms with Crippen LogP contribution < -0.4 is 19.7 Å². The summed E-state index contributed by atoms with van der Waals surface area (Å²) in [6.45, 7) is 4.30. The summed E-state index contributed by atoms with van der Waals surface area (Å²) in [7, 11) is 1.64. The zero-order valence-corrected chi connectivity index (χ0v) is 23.9. The van der Waals surface area contributed by atoms with Crippen LogP contribution in [0.3, 0.4) is 0 Å². The van der Waals surface area contributed by atoms with E-state index in [4.69, 9.17) is 24.6 Å². The molecule has 0 aliphatic carbocycles. The number of aromatic hydroxyl groups is 1. The zero-order valence-electron chi connectivity index (χ0n) is 23.9. The van der Waals surface area contributed by atoms with Crippen LogP contribution in [0.1, 0.15) is 29.8 Å². The third-order valence-corrected chi connectivity index (χ3v) is 7.44. The van der Waals surface area contributed by atoms with E-state index >= 15 is 0 Å². The Morgan fingerprint density at radius 1 is 0.953 bits per heavy atom. The number of anilines is 2. The summed E-state index contributed by atoms with van der Waals surface area (Å²) in [6.07, 6.45) is 1.74. The van der Waals surface area contributed by atoms with Crippen LogP contribution in [-0.4, -0.2) is 45.3 Å². The van der Waals surface area contributed by atoms with Gasteiger partial charge in [-0.1, -0.05) is 30.3 Å². The average Bonchev–Trinajstić information content (AvgIpc) is 3.37. The average molecular weight is 572 g/mol. The Balaban J connectivity index is 1.49. The second-order valence-electron chi connectivity index (χ2n) is 10.1. The maximum absolute atomic E-state index is 10.6.